The molecular weight excluding hydrogens is 795 g/mol. The predicted molar refractivity (Wildman–Crippen MR) is 249 cm³/mol. The first-order chi connectivity index (χ1) is 30.3. The van der Waals surface area contributed by atoms with Crippen molar-refractivity contribution in [3.8, 4) is 0 Å². The summed E-state index contributed by atoms with van der Waals surface area (Å²) in [5.41, 5.74) is 17.9. The summed E-state index contributed by atoms with van der Waals surface area (Å²) in [7, 11) is 2.56. The lowest BCUT2D eigenvalue weighted by atomic mass is 9.85. The maximum Gasteiger partial charge on any atom is 0.341 e. The van der Waals surface area contributed by atoms with Crippen molar-refractivity contribution < 1.29 is 28.7 Å². The highest BCUT2D eigenvalue weighted by Gasteiger charge is 2.38. The summed E-state index contributed by atoms with van der Waals surface area (Å²) in [4.78, 5) is 71.2. The summed E-state index contributed by atoms with van der Waals surface area (Å²) in [6, 6.07) is 19.9. The van der Waals surface area contributed by atoms with Crippen LogP contribution in [0.3, 0.4) is 0 Å². The number of amides is 2. The van der Waals surface area contributed by atoms with Gasteiger partial charge in [-0.25, -0.2) is 14.6 Å². The Balaban J connectivity index is 1.27. The van der Waals surface area contributed by atoms with E-state index in [1.807, 2.05) is 32.1 Å². The van der Waals surface area contributed by atoms with Crippen LogP contribution in [0.1, 0.15) is 117 Å². The van der Waals surface area contributed by atoms with Gasteiger partial charge in [-0.1, -0.05) is 50.8 Å². The molecule has 2 aromatic carbocycles. The maximum absolute atomic E-state index is 14.1. The van der Waals surface area contributed by atoms with Gasteiger partial charge in [0.25, 0.3) is 5.91 Å². The summed E-state index contributed by atoms with van der Waals surface area (Å²) >= 11 is 0. The normalized spacial score (nSPS) is 14.7. The average Bonchev–Trinajstić information content (AvgIpc) is 3.96. The van der Waals surface area contributed by atoms with Gasteiger partial charge in [0.15, 0.2) is 0 Å². The van der Waals surface area contributed by atoms with Gasteiger partial charge in [0.1, 0.15) is 5.56 Å². The van der Waals surface area contributed by atoms with Gasteiger partial charge in [0.2, 0.25) is 5.91 Å². The van der Waals surface area contributed by atoms with Crippen molar-refractivity contribution in [3.63, 3.8) is 0 Å². The number of allylic oxidation sites excluding steroid dienone is 1. The van der Waals surface area contributed by atoms with Crippen LogP contribution in [-0.4, -0.2) is 57.9 Å². The summed E-state index contributed by atoms with van der Waals surface area (Å²) in [6.45, 7) is 14.1. The van der Waals surface area contributed by atoms with Gasteiger partial charge in [0, 0.05) is 63.3 Å². The van der Waals surface area contributed by atoms with E-state index in [0.717, 1.165) is 56.3 Å². The zero-order valence-corrected chi connectivity index (χ0v) is 36.5. The number of nitrogens with two attached hydrogens (primary N) is 1. The Hall–Kier alpha value is -7.54. The Bertz CT molecular complexity index is 2920. The van der Waals surface area contributed by atoms with E-state index in [-0.39, 0.29) is 41.0 Å². The molecule has 13 heteroatoms. The first kappa shape index (κ1) is 43.5. The Labute approximate surface area is 365 Å². The maximum atomic E-state index is 14.1. The number of para-hydroxylation sites is 2. The number of rotatable bonds is 11. The second-order valence-corrected chi connectivity index (χ2v) is 15.7. The second-order valence-electron chi connectivity index (χ2n) is 15.7. The number of anilines is 2. The number of benzene rings is 2. The van der Waals surface area contributed by atoms with Crippen LogP contribution < -0.4 is 16.4 Å². The molecule has 63 heavy (non-hydrogen) atoms. The summed E-state index contributed by atoms with van der Waals surface area (Å²) in [5.74, 6) is -2.69. The number of nitrogens with one attached hydrogen (secondary N) is 4. The van der Waals surface area contributed by atoms with E-state index >= 15 is 0 Å². The van der Waals surface area contributed by atoms with Gasteiger partial charge in [-0.2, -0.15) is 0 Å². The minimum absolute atomic E-state index is 0.0285. The van der Waals surface area contributed by atoms with Crippen molar-refractivity contribution >= 4 is 80.5 Å². The van der Waals surface area contributed by atoms with Crippen LogP contribution in [0.25, 0.3) is 45.4 Å². The molecule has 2 amide bonds. The fourth-order valence-electron chi connectivity index (χ4n) is 8.37. The largest absolute Gasteiger partial charge is 0.465 e. The molecule has 7 rings (SSSR count). The molecule has 322 valence electrons. The third-order valence-electron chi connectivity index (χ3n) is 12.0. The topological polar surface area (TPSA) is 194 Å². The number of H-pyrrole nitrogens is 2. The zero-order chi connectivity index (χ0) is 45.1. The second kappa shape index (κ2) is 18.2. The number of ether oxygens (including phenoxy) is 2. The predicted octanol–water partition coefficient (Wildman–Crippen LogP) is 9.32. The Morgan fingerprint density at radius 1 is 0.873 bits per heavy atom. The van der Waals surface area contributed by atoms with Crippen LogP contribution in [0.2, 0.25) is 0 Å². The third-order valence-corrected chi connectivity index (χ3v) is 12.0. The van der Waals surface area contributed by atoms with Crippen LogP contribution in [0.15, 0.2) is 79.5 Å². The molecule has 2 atom stereocenters. The molecule has 2 aliphatic heterocycles. The number of aromatic nitrogens is 4. The van der Waals surface area contributed by atoms with E-state index in [1.165, 1.54) is 14.2 Å². The van der Waals surface area contributed by atoms with Crippen molar-refractivity contribution in [2.24, 2.45) is 0 Å². The van der Waals surface area contributed by atoms with Crippen LogP contribution in [-0.2, 0) is 25.5 Å². The molecular formula is C50H51N7O6. The molecule has 5 aromatic rings. The number of esters is 2. The van der Waals surface area contributed by atoms with Crippen molar-refractivity contribution in [1.29, 1.82) is 0 Å². The fraction of sp³-hybridized carbons (Fsp3) is 0.240. The number of hydrogen-bond acceptors (Lipinski definition) is 9. The van der Waals surface area contributed by atoms with Crippen LogP contribution in [0.4, 0.5) is 11.4 Å². The molecule has 0 saturated heterocycles. The molecule has 0 fully saturated rings. The van der Waals surface area contributed by atoms with Crippen molar-refractivity contribution in [1.82, 2.24) is 25.3 Å². The van der Waals surface area contributed by atoms with Crippen molar-refractivity contribution in [3.05, 3.63) is 141 Å². The lowest BCUT2D eigenvalue weighted by Crippen LogP contribution is -2.19. The van der Waals surface area contributed by atoms with Crippen LogP contribution in [0, 0.1) is 13.8 Å². The standard InChI is InChI=1S/C50H51N7O6/c1-9-32-26(3)37-23-39-28(5)34(19-20-43(58)52-22-21-30-15-17-31(18-16-30)48(59)57-36-14-12-11-13-35(36)51)46(55-39)45(50(61)63-8)47-44(49(60)62-7)29(6)40(56-47)25-42-33(10-2)27(4)38(54-42)24-41(32)53-37/h9,11-18,21-25,28,34,53-54H,1,10,19-20,51H2,2-8H3,(H,52,58)(H,57,59)/b22-21+,37-23?,38-24?,39-23?,40-25?,41-24?,42-25?,46-45?,47-45?/t28-,34-/m0/s1. The molecule has 3 aromatic heterocycles. The third kappa shape index (κ3) is 8.54. The SMILES string of the molecule is C=Cc1c(C)c2cc3nc(c(C(=O)OC)c4nc(cc5[nH]c(cc1[nH]2)c(C)c5CC)C(C)=C4C(=O)OC)[C@@H](CCC(=O)N/C=C/c1ccc(C(=O)Nc2ccccc2N)cc1)[C@@H]3C. The Morgan fingerprint density at radius 3 is 2.25 bits per heavy atom. The van der Waals surface area contributed by atoms with Gasteiger partial charge in [-0.3, -0.25) is 14.6 Å². The van der Waals surface area contributed by atoms with E-state index in [4.69, 9.17) is 25.2 Å². The molecule has 0 spiro atoms. The van der Waals surface area contributed by atoms with E-state index < -0.39 is 17.9 Å². The Morgan fingerprint density at radius 2 is 1.57 bits per heavy atom. The molecule has 5 heterocycles. The number of carbonyl (C=O) groups excluding carboxylic acids is 4. The van der Waals surface area contributed by atoms with E-state index in [9.17, 15) is 19.2 Å². The lowest BCUT2D eigenvalue weighted by Gasteiger charge is -2.18. The minimum Gasteiger partial charge on any atom is -0.465 e. The molecule has 0 aliphatic carbocycles. The quantitative estimate of drug-likeness (QED) is 0.0636. The van der Waals surface area contributed by atoms with Gasteiger partial charge in [-0.15, -0.1) is 0 Å². The summed E-state index contributed by atoms with van der Waals surface area (Å²) in [5, 5.41) is 5.66. The van der Waals surface area contributed by atoms with Crippen molar-refractivity contribution in [2.45, 2.75) is 65.7 Å². The molecule has 8 bridgehead atoms. The molecule has 0 unspecified atom stereocenters. The number of nitrogens with zero attached hydrogens (tertiary/aromatic N) is 2. The summed E-state index contributed by atoms with van der Waals surface area (Å²) < 4.78 is 10.7. The first-order valence-electron chi connectivity index (χ1n) is 20.8. The number of nitrogen functional groups attached to an aromatic ring is 1. The molecule has 6 N–H and O–H groups in total. The van der Waals surface area contributed by atoms with E-state index in [0.29, 0.717) is 46.0 Å². The lowest BCUT2D eigenvalue weighted by molar-refractivity contribution is -0.133. The monoisotopic (exact) mass is 845 g/mol. The van der Waals surface area contributed by atoms with Crippen molar-refractivity contribution in [2.75, 3.05) is 25.3 Å². The minimum atomic E-state index is -0.725. The summed E-state index contributed by atoms with van der Waals surface area (Å²) in [6.07, 6.45) is 6.21. The highest BCUT2D eigenvalue weighted by atomic mass is 16.5. The number of hydrogen-bond donors (Lipinski definition) is 5. The van der Waals surface area contributed by atoms with Crippen LogP contribution in [0.5, 0.6) is 0 Å². The van der Waals surface area contributed by atoms with E-state index in [2.05, 4.69) is 47.1 Å². The first-order valence-corrected chi connectivity index (χ1v) is 20.8. The molecule has 0 radical (unpaired) electrons. The van der Waals surface area contributed by atoms with Gasteiger partial charge in [-0.05, 0) is 110 Å². The number of methoxy groups -OCH3 is 2. The van der Waals surface area contributed by atoms with Gasteiger partial charge >= 0.3 is 11.9 Å². The van der Waals surface area contributed by atoms with Gasteiger partial charge in [0.05, 0.1) is 48.2 Å². The Kier molecular flexibility index (Phi) is 12.6. The van der Waals surface area contributed by atoms with E-state index in [1.54, 1.807) is 67.7 Å². The molecule has 13 nitrogen and oxygen atoms in total. The molecule has 2 aliphatic rings. The number of aromatic amines is 2. The zero-order valence-electron chi connectivity index (χ0n) is 36.5. The highest BCUT2D eigenvalue weighted by Crippen LogP contribution is 2.44. The number of aryl methyl sites for hydroxylation is 3. The highest BCUT2D eigenvalue weighted by molar-refractivity contribution is 6.26. The van der Waals surface area contributed by atoms with Crippen LogP contribution >= 0.6 is 0 Å². The fourth-order valence-corrected chi connectivity index (χ4v) is 8.37. The number of fused-ring (bicyclic) bond motifs is 8. The number of carbonyl (C=O) groups is 4. The smallest absolute Gasteiger partial charge is 0.341 e. The molecule has 0 saturated carbocycles. The van der Waals surface area contributed by atoms with Gasteiger partial charge < -0.3 is 35.8 Å². The average molecular weight is 846 g/mol.